The van der Waals surface area contributed by atoms with Crippen LogP contribution in [0.25, 0.3) is 10.9 Å². The molecule has 0 amide bonds. The highest BCUT2D eigenvalue weighted by Gasteiger charge is 2.27. The van der Waals surface area contributed by atoms with Crippen LogP contribution in [-0.4, -0.2) is 16.0 Å². The first-order valence-electron chi connectivity index (χ1n) is 4.75. The van der Waals surface area contributed by atoms with E-state index in [-0.39, 0.29) is 6.54 Å². The van der Waals surface area contributed by atoms with E-state index in [9.17, 15) is 13.2 Å². The first-order chi connectivity index (χ1) is 7.87. The number of hydrogen-bond donors (Lipinski definition) is 0. The summed E-state index contributed by atoms with van der Waals surface area (Å²) in [5.41, 5.74) is 0.669. The lowest BCUT2D eigenvalue weighted by molar-refractivity contribution is -0.137. The van der Waals surface area contributed by atoms with Gasteiger partial charge in [-0.05, 0) is 40.8 Å². The molecule has 92 valence electrons. The molecular formula is C10H7ClF3IN2. The molecule has 2 rings (SSSR count). The molecule has 0 fully saturated rings. The van der Waals surface area contributed by atoms with Crippen LogP contribution in [0, 0.1) is 3.70 Å². The van der Waals surface area contributed by atoms with E-state index in [0.29, 0.717) is 14.2 Å². The number of nitrogens with zero attached hydrogens (tertiary/aromatic N) is 2. The van der Waals surface area contributed by atoms with Crippen LogP contribution in [0.3, 0.4) is 0 Å². The molecular weight excluding hydrogens is 367 g/mol. The molecule has 1 heterocycles. The minimum atomic E-state index is -4.17. The normalized spacial score (nSPS) is 12.3. The first-order valence-corrected chi connectivity index (χ1v) is 6.21. The second-order valence-corrected chi connectivity index (χ2v) is 5.00. The largest absolute Gasteiger partial charge is 0.390 e. The Morgan fingerprint density at radius 2 is 2.06 bits per heavy atom. The molecule has 0 atom stereocenters. The maximum atomic E-state index is 12.1. The Hall–Kier alpha value is -0.500. The summed E-state index contributed by atoms with van der Waals surface area (Å²) in [7, 11) is 0. The third kappa shape index (κ3) is 3.04. The van der Waals surface area contributed by atoms with Crippen molar-refractivity contribution >= 4 is 45.1 Å². The number of hydrogen-bond acceptors (Lipinski definition) is 1. The van der Waals surface area contributed by atoms with Gasteiger partial charge in [-0.25, -0.2) is 0 Å². The minimum Gasteiger partial charge on any atom is -0.263 e. The molecule has 2 aromatic rings. The predicted octanol–water partition coefficient (Wildman–Crippen LogP) is 4.25. The molecule has 0 radical (unpaired) electrons. The summed E-state index contributed by atoms with van der Waals surface area (Å²) < 4.78 is 38.5. The van der Waals surface area contributed by atoms with Crippen LogP contribution in [0.2, 0.25) is 5.02 Å². The molecule has 17 heavy (non-hydrogen) atoms. The molecule has 2 nitrogen and oxygen atoms in total. The molecule has 0 saturated heterocycles. The number of aromatic nitrogens is 2. The molecule has 0 bridgehead atoms. The zero-order chi connectivity index (χ0) is 12.6. The number of benzene rings is 1. The van der Waals surface area contributed by atoms with Gasteiger partial charge in [0.2, 0.25) is 0 Å². The second-order valence-electron chi connectivity index (χ2n) is 3.54. The lowest BCUT2D eigenvalue weighted by Crippen LogP contribution is -2.13. The van der Waals surface area contributed by atoms with Gasteiger partial charge >= 0.3 is 6.18 Å². The van der Waals surface area contributed by atoms with E-state index < -0.39 is 12.6 Å². The fourth-order valence-electron chi connectivity index (χ4n) is 1.52. The molecule has 0 aliphatic carbocycles. The van der Waals surface area contributed by atoms with E-state index in [4.69, 9.17) is 11.6 Å². The lowest BCUT2D eigenvalue weighted by Gasteiger charge is -2.06. The Morgan fingerprint density at radius 1 is 1.35 bits per heavy atom. The summed E-state index contributed by atoms with van der Waals surface area (Å²) in [5.74, 6) is 0. The minimum absolute atomic E-state index is 0.176. The third-order valence-corrected chi connectivity index (χ3v) is 3.31. The highest BCUT2D eigenvalue weighted by Crippen LogP contribution is 2.26. The van der Waals surface area contributed by atoms with E-state index in [2.05, 4.69) is 5.10 Å². The molecule has 0 saturated carbocycles. The smallest absolute Gasteiger partial charge is 0.263 e. The standard InChI is InChI=1S/C10H7ClF3IN2/c11-6-1-2-8-7(5-6)9(15)16-17(8)4-3-10(12,13)14/h1-2,5H,3-4H2. The fraction of sp³-hybridized carbons (Fsp3) is 0.300. The Balaban J connectivity index is 2.36. The van der Waals surface area contributed by atoms with Crippen LogP contribution in [0.1, 0.15) is 6.42 Å². The Kier molecular flexibility index (Phi) is 3.53. The Bertz CT molecular complexity index is 550. The van der Waals surface area contributed by atoms with Gasteiger partial charge in [0, 0.05) is 10.4 Å². The summed E-state index contributed by atoms with van der Waals surface area (Å²) >= 11 is 7.81. The molecule has 0 spiro atoms. The van der Waals surface area contributed by atoms with Crippen LogP contribution in [0.4, 0.5) is 13.2 Å². The van der Waals surface area contributed by atoms with E-state index in [1.165, 1.54) is 4.68 Å². The number of aryl methyl sites for hydroxylation is 1. The van der Waals surface area contributed by atoms with Crippen molar-refractivity contribution in [3.05, 3.63) is 26.9 Å². The van der Waals surface area contributed by atoms with Crippen molar-refractivity contribution in [2.24, 2.45) is 0 Å². The number of alkyl halides is 3. The van der Waals surface area contributed by atoms with Gasteiger partial charge in [0.25, 0.3) is 0 Å². The monoisotopic (exact) mass is 374 g/mol. The molecule has 0 unspecified atom stereocenters. The zero-order valence-electron chi connectivity index (χ0n) is 8.43. The van der Waals surface area contributed by atoms with Crippen LogP contribution >= 0.6 is 34.2 Å². The van der Waals surface area contributed by atoms with Gasteiger partial charge < -0.3 is 0 Å². The van der Waals surface area contributed by atoms with Gasteiger partial charge in [-0.2, -0.15) is 18.3 Å². The molecule has 0 aliphatic heterocycles. The molecule has 1 aromatic heterocycles. The van der Waals surface area contributed by atoms with Crippen molar-refractivity contribution in [3.63, 3.8) is 0 Å². The zero-order valence-corrected chi connectivity index (χ0v) is 11.3. The first kappa shape index (κ1) is 12.9. The molecule has 1 aromatic carbocycles. The molecule has 7 heteroatoms. The lowest BCUT2D eigenvalue weighted by atomic mass is 10.2. The van der Waals surface area contributed by atoms with Crippen LogP contribution < -0.4 is 0 Å². The number of halogens is 5. The summed E-state index contributed by atoms with van der Waals surface area (Å²) in [6, 6.07) is 5.03. The highest BCUT2D eigenvalue weighted by molar-refractivity contribution is 14.1. The van der Waals surface area contributed by atoms with Gasteiger partial charge in [0.15, 0.2) is 0 Å². The van der Waals surface area contributed by atoms with Crippen molar-refractivity contribution in [2.75, 3.05) is 0 Å². The maximum absolute atomic E-state index is 12.1. The summed E-state index contributed by atoms with van der Waals surface area (Å²) in [4.78, 5) is 0. The number of fused-ring (bicyclic) bond motifs is 1. The van der Waals surface area contributed by atoms with E-state index in [0.717, 1.165) is 5.39 Å². The molecule has 0 N–H and O–H groups in total. The van der Waals surface area contributed by atoms with Crippen LogP contribution in [0.15, 0.2) is 18.2 Å². The summed E-state index contributed by atoms with van der Waals surface area (Å²) in [6.07, 6.45) is -5.06. The van der Waals surface area contributed by atoms with Gasteiger partial charge in [-0.15, -0.1) is 0 Å². The molecule has 0 aliphatic rings. The van der Waals surface area contributed by atoms with Crippen molar-refractivity contribution in [3.8, 4) is 0 Å². The highest BCUT2D eigenvalue weighted by atomic mass is 127. The second kappa shape index (κ2) is 4.64. The average molecular weight is 375 g/mol. The third-order valence-electron chi connectivity index (χ3n) is 2.27. The topological polar surface area (TPSA) is 17.8 Å². The van der Waals surface area contributed by atoms with Crippen LogP contribution in [0.5, 0.6) is 0 Å². The Labute approximate surface area is 114 Å². The van der Waals surface area contributed by atoms with Crippen LogP contribution in [-0.2, 0) is 6.54 Å². The van der Waals surface area contributed by atoms with Crippen molar-refractivity contribution in [2.45, 2.75) is 19.1 Å². The van der Waals surface area contributed by atoms with Crippen molar-refractivity contribution in [1.29, 1.82) is 0 Å². The van der Waals surface area contributed by atoms with Gasteiger partial charge in [0.1, 0.15) is 3.70 Å². The van der Waals surface area contributed by atoms with Gasteiger partial charge in [-0.1, -0.05) is 11.6 Å². The van der Waals surface area contributed by atoms with E-state index in [1.54, 1.807) is 18.2 Å². The average Bonchev–Trinajstić information content (AvgIpc) is 2.52. The number of rotatable bonds is 2. The predicted molar refractivity (Wildman–Crippen MR) is 68.1 cm³/mol. The summed E-state index contributed by atoms with van der Waals surface area (Å²) in [5, 5.41) is 5.40. The van der Waals surface area contributed by atoms with Gasteiger partial charge in [-0.3, -0.25) is 4.68 Å². The fourth-order valence-corrected chi connectivity index (χ4v) is 2.38. The SMILES string of the molecule is FC(F)(F)CCn1nc(I)c2cc(Cl)ccc21. The summed E-state index contributed by atoms with van der Waals surface area (Å²) in [6.45, 7) is -0.176. The van der Waals surface area contributed by atoms with E-state index in [1.807, 2.05) is 22.6 Å². The van der Waals surface area contributed by atoms with Crippen molar-refractivity contribution in [1.82, 2.24) is 9.78 Å². The van der Waals surface area contributed by atoms with Gasteiger partial charge in [0.05, 0.1) is 18.5 Å². The maximum Gasteiger partial charge on any atom is 0.390 e. The Morgan fingerprint density at radius 3 is 2.71 bits per heavy atom. The quantitative estimate of drug-likeness (QED) is 0.719. The van der Waals surface area contributed by atoms with E-state index >= 15 is 0 Å². The van der Waals surface area contributed by atoms with Crippen molar-refractivity contribution < 1.29 is 13.2 Å².